The average molecular weight is 388 g/mol. The Kier molecular flexibility index (Phi) is 4.04. The summed E-state index contributed by atoms with van der Waals surface area (Å²) in [5, 5.41) is 0. The maximum absolute atomic E-state index is 6.11. The summed E-state index contributed by atoms with van der Waals surface area (Å²) in [4.78, 5) is 1.72. The summed E-state index contributed by atoms with van der Waals surface area (Å²) in [5.41, 5.74) is 3.01. The van der Waals surface area contributed by atoms with E-state index in [0.29, 0.717) is 11.8 Å². The molecule has 2 fully saturated rings. The lowest BCUT2D eigenvalue weighted by Gasteiger charge is -2.09. The van der Waals surface area contributed by atoms with Crippen LogP contribution < -0.4 is 0 Å². The number of fused-ring (bicyclic) bond motifs is 1. The number of hydrogen-bond acceptors (Lipinski definition) is 2. The third kappa shape index (κ3) is 2.64. The minimum Gasteiger partial charge on any atom is -0.490 e. The minimum atomic E-state index is 0.0697. The van der Waals surface area contributed by atoms with Crippen molar-refractivity contribution >= 4 is 31.9 Å². The van der Waals surface area contributed by atoms with Crippen LogP contribution in [0.15, 0.2) is 39.2 Å². The van der Waals surface area contributed by atoms with Gasteiger partial charge < -0.3 is 9.47 Å². The Labute approximate surface area is 130 Å². The molecule has 4 heteroatoms. The third-order valence-corrected chi connectivity index (χ3v) is 4.95. The molecule has 2 heterocycles. The van der Waals surface area contributed by atoms with E-state index < -0.39 is 0 Å². The highest BCUT2D eigenvalue weighted by Crippen LogP contribution is 2.53. The fraction of sp³-hybridized carbons (Fsp3) is 0.533. The molecule has 0 unspecified atom stereocenters. The number of ether oxygens (including phenoxy) is 2. The molecule has 1 saturated carbocycles. The van der Waals surface area contributed by atoms with Crippen LogP contribution in [0, 0.1) is 11.8 Å². The summed E-state index contributed by atoms with van der Waals surface area (Å²) >= 11 is 6.89. The molecule has 19 heavy (non-hydrogen) atoms. The molecule has 0 N–H and O–H groups in total. The van der Waals surface area contributed by atoms with E-state index in [-0.39, 0.29) is 18.3 Å². The Balaban J connectivity index is 1.68. The average Bonchev–Trinajstić information content (AvgIpc) is 2.93. The highest BCUT2D eigenvalue weighted by atomic mass is 79.9. The van der Waals surface area contributed by atoms with E-state index in [0.717, 1.165) is 16.7 Å². The van der Waals surface area contributed by atoms with Crippen molar-refractivity contribution in [1.82, 2.24) is 0 Å². The minimum absolute atomic E-state index is 0.0697. The van der Waals surface area contributed by atoms with Crippen LogP contribution in [0.3, 0.4) is 0 Å². The summed E-state index contributed by atoms with van der Waals surface area (Å²) in [6, 6.07) is 0. The molecule has 1 aliphatic carbocycles. The largest absolute Gasteiger partial charge is 0.490 e. The Bertz CT molecular complexity index is 488. The number of allylic oxidation sites excluding steroid dienone is 3. The lowest BCUT2D eigenvalue weighted by molar-refractivity contribution is 0.0618. The standard InChI is InChI=1S/C15H16Br2O2/c1-2-4-9-7-11(9)14-13(17)15-12(19-14)8-10(18-15)5-3-6-16/h2,4-6,9-12,15H,7-8H2,1H3/b4-2-/t3?,9-,10-,11+,12-,15+/m0/s1. The summed E-state index contributed by atoms with van der Waals surface area (Å²) in [5.74, 6) is 2.33. The maximum Gasteiger partial charge on any atom is 0.132 e. The molecule has 1 saturated heterocycles. The lowest BCUT2D eigenvalue weighted by atomic mass is 10.1. The van der Waals surface area contributed by atoms with Gasteiger partial charge in [0.25, 0.3) is 0 Å². The summed E-state index contributed by atoms with van der Waals surface area (Å²) in [6.45, 7) is 2.07. The Morgan fingerprint density at radius 3 is 2.89 bits per heavy atom. The van der Waals surface area contributed by atoms with E-state index in [1.807, 2.05) is 6.08 Å². The quantitative estimate of drug-likeness (QED) is 0.527. The van der Waals surface area contributed by atoms with Gasteiger partial charge in [-0.05, 0) is 41.3 Å². The third-order valence-electron chi connectivity index (χ3n) is 3.85. The normalized spacial score (nSPS) is 40.1. The molecule has 0 aromatic heterocycles. The van der Waals surface area contributed by atoms with Gasteiger partial charge >= 0.3 is 0 Å². The zero-order valence-electron chi connectivity index (χ0n) is 10.7. The second-order valence-electron chi connectivity index (χ2n) is 5.17. The number of rotatable bonds is 3. The summed E-state index contributed by atoms with van der Waals surface area (Å²) in [6.07, 6.45) is 8.76. The van der Waals surface area contributed by atoms with E-state index in [1.54, 1.807) is 4.99 Å². The lowest BCUT2D eigenvalue weighted by Crippen LogP contribution is -2.16. The van der Waals surface area contributed by atoms with Crippen molar-refractivity contribution in [3.8, 4) is 0 Å². The predicted molar refractivity (Wildman–Crippen MR) is 82.1 cm³/mol. The second-order valence-corrected chi connectivity index (χ2v) is 6.49. The van der Waals surface area contributed by atoms with E-state index in [9.17, 15) is 0 Å². The molecule has 0 amide bonds. The molecule has 0 aromatic rings. The van der Waals surface area contributed by atoms with Crippen molar-refractivity contribution in [2.24, 2.45) is 11.8 Å². The molecule has 5 atom stereocenters. The van der Waals surface area contributed by atoms with Crippen LogP contribution in [-0.4, -0.2) is 18.3 Å². The van der Waals surface area contributed by atoms with Crippen molar-refractivity contribution in [3.05, 3.63) is 39.2 Å². The van der Waals surface area contributed by atoms with Crippen molar-refractivity contribution in [2.45, 2.75) is 38.1 Å². The van der Waals surface area contributed by atoms with Gasteiger partial charge in [0, 0.05) is 17.3 Å². The Morgan fingerprint density at radius 2 is 2.21 bits per heavy atom. The fourth-order valence-corrected chi connectivity index (χ4v) is 3.81. The first kappa shape index (κ1) is 13.7. The van der Waals surface area contributed by atoms with Gasteiger partial charge in [0.2, 0.25) is 0 Å². The first-order valence-corrected chi connectivity index (χ1v) is 8.31. The fourth-order valence-electron chi connectivity index (χ4n) is 2.87. The first-order valence-electron chi connectivity index (χ1n) is 6.60. The van der Waals surface area contributed by atoms with Gasteiger partial charge in [0.15, 0.2) is 0 Å². The molecule has 0 spiro atoms. The van der Waals surface area contributed by atoms with E-state index in [4.69, 9.17) is 9.47 Å². The van der Waals surface area contributed by atoms with Crippen molar-refractivity contribution < 1.29 is 9.47 Å². The van der Waals surface area contributed by atoms with Gasteiger partial charge in [0.05, 0.1) is 10.6 Å². The zero-order valence-corrected chi connectivity index (χ0v) is 13.9. The monoisotopic (exact) mass is 386 g/mol. The molecule has 0 bridgehead atoms. The van der Waals surface area contributed by atoms with Crippen LogP contribution in [-0.2, 0) is 9.47 Å². The van der Waals surface area contributed by atoms with E-state index >= 15 is 0 Å². The molecule has 0 aromatic carbocycles. The smallest absolute Gasteiger partial charge is 0.132 e. The van der Waals surface area contributed by atoms with Crippen LogP contribution >= 0.6 is 31.9 Å². The van der Waals surface area contributed by atoms with Gasteiger partial charge in [-0.25, -0.2) is 0 Å². The predicted octanol–water partition coefficient (Wildman–Crippen LogP) is 4.43. The first-order chi connectivity index (χ1) is 9.24. The highest BCUT2D eigenvalue weighted by molar-refractivity contribution is 9.11. The molecule has 0 radical (unpaired) electrons. The molecule has 3 aliphatic rings. The molecular formula is C15H16Br2O2. The SMILES string of the molecule is C/C=C\[C@H]1C[C@H]1C1=C(Br)[C@@H]2O[C@@H](C=C=CBr)C[C@@H]2O1. The topological polar surface area (TPSA) is 18.5 Å². The van der Waals surface area contributed by atoms with Gasteiger partial charge in [-0.15, -0.1) is 5.73 Å². The van der Waals surface area contributed by atoms with Crippen LogP contribution in [0.4, 0.5) is 0 Å². The van der Waals surface area contributed by atoms with Crippen molar-refractivity contribution in [3.63, 3.8) is 0 Å². The van der Waals surface area contributed by atoms with E-state index in [2.05, 4.69) is 56.7 Å². The maximum atomic E-state index is 6.11. The van der Waals surface area contributed by atoms with Crippen LogP contribution in [0.2, 0.25) is 0 Å². The zero-order chi connectivity index (χ0) is 13.4. The van der Waals surface area contributed by atoms with E-state index in [1.165, 1.54) is 6.42 Å². The number of hydrogen-bond donors (Lipinski definition) is 0. The van der Waals surface area contributed by atoms with Crippen LogP contribution in [0.1, 0.15) is 19.8 Å². The molecule has 2 aliphatic heterocycles. The summed E-state index contributed by atoms with van der Waals surface area (Å²) in [7, 11) is 0. The van der Waals surface area contributed by atoms with Gasteiger partial charge in [-0.2, -0.15) is 0 Å². The number of halogens is 2. The molecular weight excluding hydrogens is 372 g/mol. The summed E-state index contributed by atoms with van der Waals surface area (Å²) < 4.78 is 13.2. The van der Waals surface area contributed by atoms with Gasteiger partial charge in [-0.1, -0.05) is 28.1 Å². The van der Waals surface area contributed by atoms with Crippen molar-refractivity contribution in [2.75, 3.05) is 0 Å². The van der Waals surface area contributed by atoms with Crippen LogP contribution in [0.5, 0.6) is 0 Å². The molecule has 3 rings (SSSR count). The Morgan fingerprint density at radius 1 is 1.37 bits per heavy atom. The van der Waals surface area contributed by atoms with Crippen molar-refractivity contribution in [1.29, 1.82) is 0 Å². The van der Waals surface area contributed by atoms with Crippen LogP contribution in [0.25, 0.3) is 0 Å². The molecule has 102 valence electrons. The van der Waals surface area contributed by atoms with Gasteiger partial charge in [0.1, 0.15) is 18.0 Å². The highest BCUT2D eigenvalue weighted by Gasteiger charge is 2.50. The molecule has 2 nitrogen and oxygen atoms in total. The van der Waals surface area contributed by atoms with Gasteiger partial charge in [-0.3, -0.25) is 0 Å². The second kappa shape index (κ2) is 5.61. The Hall–Kier alpha value is -0.280.